The summed E-state index contributed by atoms with van der Waals surface area (Å²) in [6.07, 6.45) is 0. The Hall–Kier alpha value is -2.97. The van der Waals surface area contributed by atoms with E-state index in [1.165, 1.54) is 6.07 Å². The molecule has 0 fully saturated rings. The first kappa shape index (κ1) is 13.5. The van der Waals surface area contributed by atoms with Crippen molar-refractivity contribution >= 4 is 11.7 Å². The molecule has 2 aromatic rings. The maximum Gasteiger partial charge on any atom is 0.361 e. The van der Waals surface area contributed by atoms with E-state index in [9.17, 15) is 20.0 Å². The lowest BCUT2D eigenvalue weighted by molar-refractivity contribution is -0.384. The first-order valence-corrected chi connectivity index (χ1v) is 5.60. The molecule has 2 N–H and O–H groups in total. The van der Waals surface area contributed by atoms with E-state index in [1.807, 2.05) is 0 Å². The number of aromatic hydroxyl groups is 1. The molecule has 0 spiro atoms. The van der Waals surface area contributed by atoms with Crippen molar-refractivity contribution in [2.24, 2.45) is 0 Å². The van der Waals surface area contributed by atoms with Crippen molar-refractivity contribution in [3.05, 3.63) is 34.0 Å². The monoisotopic (exact) mass is 278 g/mol. The van der Waals surface area contributed by atoms with Crippen LogP contribution in [0.25, 0.3) is 11.3 Å². The summed E-state index contributed by atoms with van der Waals surface area (Å²) in [6.45, 7) is 1.75. The zero-order valence-electron chi connectivity index (χ0n) is 10.4. The van der Waals surface area contributed by atoms with Crippen LogP contribution >= 0.6 is 0 Å². The molecule has 0 aliphatic rings. The number of H-pyrrole nitrogens is 1. The third-order valence-electron chi connectivity index (χ3n) is 2.45. The number of nitro groups is 1. The van der Waals surface area contributed by atoms with E-state index in [0.29, 0.717) is 0 Å². The number of nitro benzene ring substituents is 1. The van der Waals surface area contributed by atoms with Gasteiger partial charge < -0.3 is 9.84 Å². The van der Waals surface area contributed by atoms with Gasteiger partial charge in [-0.15, -0.1) is 5.10 Å². The Labute approximate surface area is 112 Å². The van der Waals surface area contributed by atoms with Gasteiger partial charge >= 0.3 is 5.97 Å². The van der Waals surface area contributed by atoms with Gasteiger partial charge in [0.05, 0.1) is 17.1 Å². The van der Waals surface area contributed by atoms with Crippen molar-refractivity contribution in [2.75, 3.05) is 6.61 Å². The van der Waals surface area contributed by atoms with Crippen LogP contribution in [0.2, 0.25) is 0 Å². The fourth-order valence-corrected chi connectivity index (χ4v) is 1.63. The lowest BCUT2D eigenvalue weighted by atomic mass is 10.1. The van der Waals surface area contributed by atoms with Gasteiger partial charge in [-0.25, -0.2) is 4.79 Å². The highest BCUT2D eigenvalue weighted by Crippen LogP contribution is 2.33. The molecule has 9 heteroatoms. The Morgan fingerprint density at radius 1 is 1.50 bits per heavy atom. The standard InChI is InChI=1S/C11H10N4O5/c1-2-20-11(17)10-9(12-14-13-10)7-5-6(16)3-4-8(7)15(18)19/h3-5,16H,2H2,1H3,(H,12,13,14). The fraction of sp³-hybridized carbons (Fsp3) is 0.182. The van der Waals surface area contributed by atoms with Gasteiger partial charge in [-0.2, -0.15) is 10.3 Å². The molecule has 20 heavy (non-hydrogen) atoms. The third kappa shape index (κ3) is 2.41. The van der Waals surface area contributed by atoms with Gasteiger partial charge in [0.2, 0.25) is 0 Å². The lowest BCUT2D eigenvalue weighted by Crippen LogP contribution is -2.07. The first-order chi connectivity index (χ1) is 9.54. The van der Waals surface area contributed by atoms with Crippen LogP contribution in [0.1, 0.15) is 17.4 Å². The number of carbonyl (C=O) groups is 1. The molecular weight excluding hydrogens is 268 g/mol. The molecule has 2 rings (SSSR count). The molecule has 1 aromatic heterocycles. The van der Waals surface area contributed by atoms with Crippen molar-refractivity contribution < 1.29 is 19.6 Å². The van der Waals surface area contributed by atoms with Gasteiger partial charge in [-0.05, 0) is 19.1 Å². The van der Waals surface area contributed by atoms with E-state index >= 15 is 0 Å². The number of ether oxygens (including phenoxy) is 1. The molecule has 1 aromatic carbocycles. The van der Waals surface area contributed by atoms with E-state index in [2.05, 4.69) is 15.4 Å². The Kier molecular flexibility index (Phi) is 3.60. The predicted octanol–water partition coefficient (Wildman–Crippen LogP) is 1.26. The number of carbonyl (C=O) groups excluding carboxylic acids is 1. The van der Waals surface area contributed by atoms with Crippen molar-refractivity contribution in [3.63, 3.8) is 0 Å². The van der Waals surface area contributed by atoms with Crippen LogP contribution in [0, 0.1) is 10.1 Å². The Morgan fingerprint density at radius 3 is 2.90 bits per heavy atom. The number of hydrogen-bond donors (Lipinski definition) is 2. The van der Waals surface area contributed by atoms with Gasteiger partial charge in [0.25, 0.3) is 5.69 Å². The average molecular weight is 278 g/mol. The lowest BCUT2D eigenvalue weighted by Gasteiger charge is -2.03. The average Bonchev–Trinajstić information content (AvgIpc) is 2.87. The number of esters is 1. The van der Waals surface area contributed by atoms with Gasteiger partial charge in [-0.3, -0.25) is 10.1 Å². The normalized spacial score (nSPS) is 10.2. The first-order valence-electron chi connectivity index (χ1n) is 5.60. The van der Waals surface area contributed by atoms with E-state index in [-0.39, 0.29) is 35.0 Å². The number of hydrogen-bond acceptors (Lipinski definition) is 7. The van der Waals surface area contributed by atoms with Gasteiger partial charge in [0.1, 0.15) is 11.4 Å². The van der Waals surface area contributed by atoms with Gasteiger partial charge in [0, 0.05) is 6.07 Å². The molecule has 0 bridgehead atoms. The summed E-state index contributed by atoms with van der Waals surface area (Å²) in [7, 11) is 0. The van der Waals surface area contributed by atoms with E-state index < -0.39 is 10.9 Å². The molecular formula is C11H10N4O5. The SMILES string of the molecule is CCOC(=O)c1n[nH]nc1-c1cc(O)ccc1[N+](=O)[O-]. The van der Waals surface area contributed by atoms with Crippen molar-refractivity contribution in [1.29, 1.82) is 0 Å². The summed E-state index contributed by atoms with van der Waals surface area (Å²) in [5.74, 6) is -0.947. The summed E-state index contributed by atoms with van der Waals surface area (Å²) in [5.41, 5.74) is -0.555. The van der Waals surface area contributed by atoms with Crippen LogP contribution in [0.5, 0.6) is 5.75 Å². The molecule has 0 aliphatic carbocycles. The quantitative estimate of drug-likeness (QED) is 0.488. The molecule has 104 valence electrons. The molecule has 1 heterocycles. The van der Waals surface area contributed by atoms with Crippen LogP contribution < -0.4 is 0 Å². The number of phenolic OH excluding ortho intramolecular Hbond substituents is 1. The third-order valence-corrected chi connectivity index (χ3v) is 2.45. The summed E-state index contributed by atoms with van der Waals surface area (Å²) >= 11 is 0. The molecule has 0 saturated carbocycles. The number of aromatic amines is 1. The van der Waals surface area contributed by atoms with E-state index in [4.69, 9.17) is 4.74 Å². The Bertz CT molecular complexity index is 667. The van der Waals surface area contributed by atoms with Crippen LogP contribution in [-0.2, 0) is 4.74 Å². The summed E-state index contributed by atoms with van der Waals surface area (Å²) in [5, 5.41) is 30.0. The molecule has 0 atom stereocenters. The highest BCUT2D eigenvalue weighted by atomic mass is 16.6. The van der Waals surface area contributed by atoms with Crippen LogP contribution in [-0.4, -0.2) is 38.0 Å². The largest absolute Gasteiger partial charge is 0.508 e. The molecule has 0 amide bonds. The van der Waals surface area contributed by atoms with Crippen LogP contribution in [0.3, 0.4) is 0 Å². The molecule has 0 saturated heterocycles. The minimum atomic E-state index is -0.756. The second-order valence-electron chi connectivity index (χ2n) is 3.70. The van der Waals surface area contributed by atoms with Crippen molar-refractivity contribution in [2.45, 2.75) is 6.92 Å². The van der Waals surface area contributed by atoms with Crippen LogP contribution in [0.4, 0.5) is 5.69 Å². The van der Waals surface area contributed by atoms with Gasteiger partial charge in [-0.1, -0.05) is 0 Å². The minimum Gasteiger partial charge on any atom is -0.508 e. The zero-order chi connectivity index (χ0) is 14.7. The predicted molar refractivity (Wildman–Crippen MR) is 66.1 cm³/mol. The molecule has 0 radical (unpaired) electrons. The molecule has 0 unspecified atom stereocenters. The number of rotatable bonds is 4. The van der Waals surface area contributed by atoms with Crippen molar-refractivity contribution in [3.8, 4) is 17.0 Å². The molecule has 9 nitrogen and oxygen atoms in total. The Balaban J connectivity index is 2.57. The highest BCUT2D eigenvalue weighted by Gasteiger charge is 2.25. The smallest absolute Gasteiger partial charge is 0.361 e. The van der Waals surface area contributed by atoms with E-state index in [0.717, 1.165) is 12.1 Å². The highest BCUT2D eigenvalue weighted by molar-refractivity contribution is 5.95. The second-order valence-corrected chi connectivity index (χ2v) is 3.70. The summed E-state index contributed by atoms with van der Waals surface area (Å²) in [6, 6.07) is 3.43. The number of phenols is 1. The number of nitrogens with one attached hydrogen (secondary N) is 1. The summed E-state index contributed by atoms with van der Waals surface area (Å²) < 4.78 is 4.79. The fourth-order valence-electron chi connectivity index (χ4n) is 1.63. The minimum absolute atomic E-state index is 0.0215. The maximum absolute atomic E-state index is 11.7. The van der Waals surface area contributed by atoms with Gasteiger partial charge in [0.15, 0.2) is 5.69 Å². The Morgan fingerprint density at radius 2 is 2.25 bits per heavy atom. The number of aromatic nitrogens is 3. The topological polar surface area (TPSA) is 131 Å². The zero-order valence-corrected chi connectivity index (χ0v) is 10.4. The second kappa shape index (κ2) is 5.34. The maximum atomic E-state index is 11.7. The van der Waals surface area contributed by atoms with Crippen LogP contribution in [0.15, 0.2) is 18.2 Å². The van der Waals surface area contributed by atoms with Crippen molar-refractivity contribution in [1.82, 2.24) is 15.4 Å². The number of benzene rings is 1. The molecule has 0 aliphatic heterocycles. The summed E-state index contributed by atoms with van der Waals surface area (Å²) in [4.78, 5) is 22.0. The van der Waals surface area contributed by atoms with E-state index in [1.54, 1.807) is 6.92 Å². The number of nitrogens with zero attached hydrogens (tertiary/aromatic N) is 3.